The SMILES string of the molecule is CCNC(C)(C)C(=O)NCCOCCO. The first-order chi connectivity index (χ1) is 7.04. The summed E-state index contributed by atoms with van der Waals surface area (Å²) in [6, 6.07) is 0. The minimum Gasteiger partial charge on any atom is -0.394 e. The lowest BCUT2D eigenvalue weighted by molar-refractivity contribution is -0.126. The monoisotopic (exact) mass is 218 g/mol. The summed E-state index contributed by atoms with van der Waals surface area (Å²) in [7, 11) is 0. The van der Waals surface area contributed by atoms with E-state index in [1.54, 1.807) is 0 Å². The van der Waals surface area contributed by atoms with Crippen LogP contribution in [0, 0.1) is 0 Å². The molecule has 0 spiro atoms. The molecule has 3 N–H and O–H groups in total. The van der Waals surface area contributed by atoms with Crippen LogP contribution in [-0.4, -0.2) is 49.5 Å². The Balaban J connectivity index is 3.64. The Labute approximate surface area is 91.2 Å². The van der Waals surface area contributed by atoms with Crippen molar-refractivity contribution in [2.45, 2.75) is 26.3 Å². The van der Waals surface area contributed by atoms with Crippen molar-refractivity contribution in [1.82, 2.24) is 10.6 Å². The largest absolute Gasteiger partial charge is 0.394 e. The number of hydrogen-bond donors (Lipinski definition) is 3. The third kappa shape index (κ3) is 6.43. The van der Waals surface area contributed by atoms with Crippen LogP contribution in [0.3, 0.4) is 0 Å². The van der Waals surface area contributed by atoms with Crippen LogP contribution >= 0.6 is 0 Å². The second kappa shape index (κ2) is 7.62. The highest BCUT2D eigenvalue weighted by Crippen LogP contribution is 2.00. The molecule has 1 amide bonds. The Morgan fingerprint density at radius 1 is 1.40 bits per heavy atom. The van der Waals surface area contributed by atoms with Crippen LogP contribution in [0.4, 0.5) is 0 Å². The zero-order valence-corrected chi connectivity index (χ0v) is 9.80. The van der Waals surface area contributed by atoms with Crippen molar-refractivity contribution in [3.05, 3.63) is 0 Å². The second-order valence-electron chi connectivity index (χ2n) is 3.75. The fraction of sp³-hybridized carbons (Fsp3) is 0.900. The summed E-state index contributed by atoms with van der Waals surface area (Å²) in [5, 5.41) is 14.3. The van der Waals surface area contributed by atoms with Gasteiger partial charge in [0.15, 0.2) is 0 Å². The summed E-state index contributed by atoms with van der Waals surface area (Å²) in [6.45, 7) is 7.59. The fourth-order valence-electron chi connectivity index (χ4n) is 1.15. The van der Waals surface area contributed by atoms with E-state index in [0.29, 0.717) is 19.8 Å². The Hall–Kier alpha value is -0.650. The van der Waals surface area contributed by atoms with E-state index >= 15 is 0 Å². The second-order valence-corrected chi connectivity index (χ2v) is 3.75. The molecule has 0 bridgehead atoms. The number of likely N-dealkylation sites (N-methyl/N-ethyl adjacent to an activating group) is 1. The molecule has 15 heavy (non-hydrogen) atoms. The van der Waals surface area contributed by atoms with Gasteiger partial charge in [-0.3, -0.25) is 4.79 Å². The van der Waals surface area contributed by atoms with Gasteiger partial charge >= 0.3 is 0 Å². The molecule has 0 heterocycles. The van der Waals surface area contributed by atoms with E-state index < -0.39 is 5.54 Å². The normalized spacial score (nSPS) is 11.5. The molecule has 5 nitrogen and oxygen atoms in total. The summed E-state index contributed by atoms with van der Waals surface area (Å²) < 4.78 is 5.02. The van der Waals surface area contributed by atoms with E-state index in [-0.39, 0.29) is 12.5 Å². The highest BCUT2D eigenvalue weighted by Gasteiger charge is 2.25. The van der Waals surface area contributed by atoms with Gasteiger partial charge in [-0.05, 0) is 20.4 Å². The molecule has 0 fully saturated rings. The number of aliphatic hydroxyl groups is 1. The first-order valence-electron chi connectivity index (χ1n) is 5.26. The van der Waals surface area contributed by atoms with Crippen molar-refractivity contribution in [3.8, 4) is 0 Å². The van der Waals surface area contributed by atoms with Crippen molar-refractivity contribution in [1.29, 1.82) is 0 Å². The highest BCUT2D eigenvalue weighted by molar-refractivity contribution is 5.85. The fourth-order valence-corrected chi connectivity index (χ4v) is 1.15. The third-order valence-electron chi connectivity index (χ3n) is 1.95. The van der Waals surface area contributed by atoms with Gasteiger partial charge in [0, 0.05) is 6.54 Å². The molecule has 0 aromatic rings. The minimum absolute atomic E-state index is 0.0107. The lowest BCUT2D eigenvalue weighted by Crippen LogP contribution is -2.53. The molecule has 0 aromatic heterocycles. The molecule has 0 aliphatic carbocycles. The predicted octanol–water partition coefficient (Wildman–Crippen LogP) is -0.500. The van der Waals surface area contributed by atoms with Crippen molar-refractivity contribution in [2.24, 2.45) is 0 Å². The molecule has 0 aliphatic rings. The maximum atomic E-state index is 11.6. The van der Waals surface area contributed by atoms with Gasteiger partial charge in [0.2, 0.25) is 5.91 Å². The maximum Gasteiger partial charge on any atom is 0.239 e. The zero-order valence-electron chi connectivity index (χ0n) is 9.80. The van der Waals surface area contributed by atoms with Gasteiger partial charge in [-0.25, -0.2) is 0 Å². The molecular formula is C10H22N2O3. The van der Waals surface area contributed by atoms with Crippen LogP contribution in [0.25, 0.3) is 0 Å². The van der Waals surface area contributed by atoms with Crippen molar-refractivity contribution >= 4 is 5.91 Å². The summed E-state index contributed by atoms with van der Waals surface area (Å²) in [4.78, 5) is 11.6. The number of amides is 1. The highest BCUT2D eigenvalue weighted by atomic mass is 16.5. The van der Waals surface area contributed by atoms with Crippen LogP contribution in [0.5, 0.6) is 0 Å². The average molecular weight is 218 g/mol. The Morgan fingerprint density at radius 2 is 2.07 bits per heavy atom. The molecule has 0 radical (unpaired) electrons. The summed E-state index contributed by atoms with van der Waals surface area (Å²) in [5.41, 5.74) is -0.550. The van der Waals surface area contributed by atoms with Gasteiger partial charge in [-0.2, -0.15) is 0 Å². The lowest BCUT2D eigenvalue weighted by atomic mass is 10.1. The first kappa shape index (κ1) is 14.3. The van der Waals surface area contributed by atoms with Gasteiger partial charge in [0.1, 0.15) is 0 Å². The Morgan fingerprint density at radius 3 is 2.60 bits per heavy atom. The molecule has 0 unspecified atom stereocenters. The maximum absolute atomic E-state index is 11.6. The average Bonchev–Trinajstić information content (AvgIpc) is 2.17. The summed E-state index contributed by atoms with van der Waals surface area (Å²) in [6.07, 6.45) is 0. The third-order valence-corrected chi connectivity index (χ3v) is 1.95. The number of carbonyl (C=O) groups excluding carboxylic acids is 1. The number of rotatable bonds is 8. The number of carbonyl (C=O) groups is 1. The van der Waals surface area contributed by atoms with E-state index in [2.05, 4.69) is 10.6 Å². The predicted molar refractivity (Wildman–Crippen MR) is 58.7 cm³/mol. The van der Waals surface area contributed by atoms with E-state index in [1.165, 1.54) is 0 Å². The van der Waals surface area contributed by atoms with Crippen molar-refractivity contribution < 1.29 is 14.6 Å². The quantitative estimate of drug-likeness (QED) is 0.480. The minimum atomic E-state index is -0.550. The van der Waals surface area contributed by atoms with Crippen LogP contribution < -0.4 is 10.6 Å². The van der Waals surface area contributed by atoms with Crippen LogP contribution in [0.15, 0.2) is 0 Å². The summed E-state index contributed by atoms with van der Waals surface area (Å²) >= 11 is 0. The van der Waals surface area contributed by atoms with E-state index in [1.807, 2.05) is 20.8 Å². The Bertz CT molecular complexity index is 184. The van der Waals surface area contributed by atoms with Gasteiger partial charge in [0.25, 0.3) is 0 Å². The molecule has 0 saturated carbocycles. The topological polar surface area (TPSA) is 70.6 Å². The van der Waals surface area contributed by atoms with Gasteiger partial charge in [0.05, 0.1) is 25.4 Å². The molecule has 0 aromatic carbocycles. The van der Waals surface area contributed by atoms with Crippen molar-refractivity contribution in [3.63, 3.8) is 0 Å². The van der Waals surface area contributed by atoms with E-state index in [4.69, 9.17) is 9.84 Å². The Kier molecular flexibility index (Phi) is 7.29. The van der Waals surface area contributed by atoms with E-state index in [0.717, 1.165) is 6.54 Å². The van der Waals surface area contributed by atoms with Crippen LogP contribution in [-0.2, 0) is 9.53 Å². The van der Waals surface area contributed by atoms with Gasteiger partial charge in [-0.1, -0.05) is 6.92 Å². The molecule has 0 saturated heterocycles. The van der Waals surface area contributed by atoms with Gasteiger partial charge in [-0.15, -0.1) is 0 Å². The van der Waals surface area contributed by atoms with E-state index in [9.17, 15) is 4.79 Å². The zero-order chi connectivity index (χ0) is 11.7. The molecule has 5 heteroatoms. The number of hydrogen-bond acceptors (Lipinski definition) is 4. The summed E-state index contributed by atoms with van der Waals surface area (Å²) in [5.74, 6) is -0.0445. The van der Waals surface area contributed by atoms with Crippen LogP contribution in [0.1, 0.15) is 20.8 Å². The molecule has 0 atom stereocenters. The molecular weight excluding hydrogens is 196 g/mol. The molecule has 0 rings (SSSR count). The number of aliphatic hydroxyl groups excluding tert-OH is 1. The van der Waals surface area contributed by atoms with Gasteiger partial charge < -0.3 is 20.5 Å². The standard InChI is InChI=1S/C10H22N2O3/c1-4-12-10(2,3)9(14)11-5-7-15-8-6-13/h12-13H,4-8H2,1-3H3,(H,11,14). The smallest absolute Gasteiger partial charge is 0.239 e. The lowest BCUT2D eigenvalue weighted by Gasteiger charge is -2.24. The number of ether oxygens (including phenoxy) is 1. The molecule has 0 aliphatic heterocycles. The molecule has 90 valence electrons. The number of nitrogens with one attached hydrogen (secondary N) is 2. The van der Waals surface area contributed by atoms with Crippen molar-refractivity contribution in [2.75, 3.05) is 32.9 Å². The first-order valence-corrected chi connectivity index (χ1v) is 5.26. The van der Waals surface area contributed by atoms with Crippen LogP contribution in [0.2, 0.25) is 0 Å².